The molecular formula is C22H23N5O4S. The molecule has 1 N–H and O–H groups in total. The molecule has 10 heteroatoms. The Balaban J connectivity index is 1.59. The predicted octanol–water partition coefficient (Wildman–Crippen LogP) is 2.81. The highest BCUT2D eigenvalue weighted by molar-refractivity contribution is 8.14. The van der Waals surface area contributed by atoms with E-state index in [0.29, 0.717) is 0 Å². The van der Waals surface area contributed by atoms with Crippen LogP contribution in [0.3, 0.4) is 0 Å². The van der Waals surface area contributed by atoms with Crippen molar-refractivity contribution in [3.63, 3.8) is 0 Å². The zero-order valence-electron chi connectivity index (χ0n) is 17.7. The van der Waals surface area contributed by atoms with Gasteiger partial charge in [0.05, 0.1) is 5.25 Å². The lowest BCUT2D eigenvalue weighted by Crippen LogP contribution is -2.31. The number of carbonyl (C=O) groups is 3. The minimum Gasteiger partial charge on any atom is -0.459 e. The van der Waals surface area contributed by atoms with E-state index in [9.17, 15) is 14.4 Å². The van der Waals surface area contributed by atoms with Crippen LogP contribution >= 0.6 is 11.8 Å². The van der Waals surface area contributed by atoms with Crippen molar-refractivity contribution in [2.45, 2.75) is 38.2 Å². The van der Waals surface area contributed by atoms with E-state index in [0.717, 1.165) is 27.7 Å². The second-order valence-corrected chi connectivity index (χ2v) is 8.33. The molecule has 2 atom stereocenters. The topological polar surface area (TPSA) is 116 Å². The number of nitrogens with one attached hydrogen (secondary N) is 1. The molecule has 1 amide bonds. The molecule has 0 bridgehead atoms. The molecule has 0 saturated heterocycles. The normalized spacial score (nSPS) is 12.6. The number of nitrogens with zero attached hydrogens (tertiary/aromatic N) is 4. The van der Waals surface area contributed by atoms with Gasteiger partial charge in [-0.15, -0.1) is 5.10 Å². The summed E-state index contributed by atoms with van der Waals surface area (Å²) in [7, 11) is 0. The average molecular weight is 454 g/mol. The van der Waals surface area contributed by atoms with E-state index in [1.165, 1.54) is 6.92 Å². The smallest absolute Gasteiger partial charge is 0.330 e. The SMILES string of the molecule is CC(=O)SC(C(=O)Nc1nnn(CC(=O)OCc2ccccc2)n1)C(C)c1ccccc1. The molecule has 32 heavy (non-hydrogen) atoms. The Kier molecular flexibility index (Phi) is 8.09. The van der Waals surface area contributed by atoms with Crippen molar-refractivity contribution in [3.05, 3.63) is 71.8 Å². The second-order valence-electron chi connectivity index (χ2n) is 7.01. The second kappa shape index (κ2) is 11.2. The summed E-state index contributed by atoms with van der Waals surface area (Å²) in [5, 5.41) is 13.3. The van der Waals surface area contributed by atoms with Crippen LogP contribution in [-0.4, -0.2) is 42.4 Å². The Morgan fingerprint density at radius 1 is 1.06 bits per heavy atom. The molecular weight excluding hydrogens is 430 g/mol. The Labute approximate surface area is 189 Å². The summed E-state index contributed by atoms with van der Waals surface area (Å²) in [6.07, 6.45) is 0. The number of carbonyl (C=O) groups excluding carboxylic acids is 3. The summed E-state index contributed by atoms with van der Waals surface area (Å²) in [4.78, 5) is 37.6. The molecule has 0 fully saturated rings. The van der Waals surface area contributed by atoms with Crippen molar-refractivity contribution in [2.24, 2.45) is 0 Å². The van der Waals surface area contributed by atoms with Gasteiger partial charge >= 0.3 is 5.97 Å². The number of tetrazole rings is 1. The number of hydrogen-bond acceptors (Lipinski definition) is 8. The van der Waals surface area contributed by atoms with E-state index in [2.05, 4.69) is 20.7 Å². The quantitative estimate of drug-likeness (QED) is 0.492. The summed E-state index contributed by atoms with van der Waals surface area (Å²) < 4.78 is 5.19. The third-order valence-corrected chi connectivity index (χ3v) is 5.74. The van der Waals surface area contributed by atoms with Gasteiger partial charge in [-0.1, -0.05) is 84.4 Å². The monoisotopic (exact) mass is 453 g/mol. The zero-order valence-corrected chi connectivity index (χ0v) is 18.5. The zero-order chi connectivity index (χ0) is 22.9. The van der Waals surface area contributed by atoms with Gasteiger partial charge in [0.2, 0.25) is 5.91 Å². The van der Waals surface area contributed by atoms with Gasteiger partial charge in [0.15, 0.2) is 11.7 Å². The largest absolute Gasteiger partial charge is 0.459 e. The van der Waals surface area contributed by atoms with Crippen molar-refractivity contribution < 1.29 is 19.1 Å². The highest BCUT2D eigenvalue weighted by Crippen LogP contribution is 2.29. The molecule has 1 aromatic heterocycles. The standard InChI is InChI=1S/C22H23N5O4S/c1-15(18-11-7-4-8-12-18)20(32-16(2)28)21(30)23-22-24-26-27(25-22)13-19(29)31-14-17-9-5-3-6-10-17/h3-12,15,20H,13-14H2,1-2H3,(H,23,25,30). The first-order valence-electron chi connectivity index (χ1n) is 9.92. The number of rotatable bonds is 9. The van der Waals surface area contributed by atoms with Crippen LogP contribution in [0.4, 0.5) is 5.95 Å². The van der Waals surface area contributed by atoms with Gasteiger partial charge in [0, 0.05) is 12.8 Å². The molecule has 0 aliphatic carbocycles. The Bertz CT molecular complexity index is 1060. The van der Waals surface area contributed by atoms with Gasteiger partial charge in [-0.25, -0.2) is 4.79 Å². The van der Waals surface area contributed by atoms with Crippen LogP contribution in [0.2, 0.25) is 0 Å². The first kappa shape index (κ1) is 23.1. The van der Waals surface area contributed by atoms with Crippen molar-refractivity contribution in [2.75, 3.05) is 5.32 Å². The third kappa shape index (κ3) is 6.74. The molecule has 2 unspecified atom stereocenters. The van der Waals surface area contributed by atoms with E-state index >= 15 is 0 Å². The van der Waals surface area contributed by atoms with Crippen molar-refractivity contribution in [1.29, 1.82) is 0 Å². The fraction of sp³-hybridized carbons (Fsp3) is 0.273. The number of amides is 1. The number of ether oxygens (including phenoxy) is 1. The first-order chi connectivity index (χ1) is 15.4. The Hall–Kier alpha value is -3.53. The van der Waals surface area contributed by atoms with Crippen molar-refractivity contribution in [1.82, 2.24) is 20.2 Å². The minimum absolute atomic E-state index is 0.0553. The lowest BCUT2D eigenvalue weighted by molar-refractivity contribution is -0.146. The summed E-state index contributed by atoms with van der Waals surface area (Å²) in [6, 6.07) is 18.7. The van der Waals surface area contributed by atoms with E-state index in [-0.39, 0.29) is 30.1 Å². The summed E-state index contributed by atoms with van der Waals surface area (Å²) in [5.41, 5.74) is 1.79. The fourth-order valence-electron chi connectivity index (χ4n) is 2.93. The molecule has 0 radical (unpaired) electrons. The van der Waals surface area contributed by atoms with E-state index < -0.39 is 17.1 Å². The van der Waals surface area contributed by atoms with Crippen molar-refractivity contribution in [3.8, 4) is 0 Å². The molecule has 0 spiro atoms. The highest BCUT2D eigenvalue weighted by atomic mass is 32.2. The Morgan fingerprint density at radius 3 is 2.38 bits per heavy atom. The number of benzene rings is 2. The van der Waals surface area contributed by atoms with E-state index in [1.54, 1.807) is 0 Å². The number of thioether (sulfide) groups is 1. The summed E-state index contributed by atoms with van der Waals surface area (Å²) in [5.74, 6) is -1.24. The summed E-state index contributed by atoms with van der Waals surface area (Å²) in [6.45, 7) is 3.18. The molecule has 166 valence electrons. The van der Waals surface area contributed by atoms with Crippen LogP contribution in [0.25, 0.3) is 0 Å². The summed E-state index contributed by atoms with van der Waals surface area (Å²) >= 11 is 0.944. The Morgan fingerprint density at radius 2 is 1.72 bits per heavy atom. The number of anilines is 1. The maximum atomic E-state index is 12.9. The molecule has 3 rings (SSSR count). The van der Waals surface area contributed by atoms with Crippen LogP contribution in [-0.2, 0) is 32.3 Å². The van der Waals surface area contributed by atoms with Crippen LogP contribution < -0.4 is 5.32 Å². The van der Waals surface area contributed by atoms with E-state index in [4.69, 9.17) is 4.74 Å². The molecule has 9 nitrogen and oxygen atoms in total. The van der Waals surface area contributed by atoms with Gasteiger partial charge in [0.25, 0.3) is 5.95 Å². The maximum absolute atomic E-state index is 12.9. The van der Waals surface area contributed by atoms with Gasteiger partial charge in [-0.3, -0.25) is 14.9 Å². The van der Waals surface area contributed by atoms with Gasteiger partial charge in [-0.05, 0) is 16.3 Å². The fourth-order valence-corrected chi connectivity index (χ4v) is 3.82. The van der Waals surface area contributed by atoms with E-state index in [1.807, 2.05) is 67.6 Å². The number of esters is 1. The molecule has 3 aromatic rings. The van der Waals surface area contributed by atoms with Crippen LogP contribution in [0.5, 0.6) is 0 Å². The number of hydrogen-bond donors (Lipinski definition) is 1. The average Bonchev–Trinajstić information content (AvgIpc) is 3.23. The minimum atomic E-state index is -0.683. The molecule has 0 saturated carbocycles. The predicted molar refractivity (Wildman–Crippen MR) is 120 cm³/mol. The molecule has 0 aliphatic heterocycles. The van der Waals surface area contributed by atoms with Crippen molar-refractivity contribution >= 4 is 34.7 Å². The van der Waals surface area contributed by atoms with Gasteiger partial charge in [-0.2, -0.15) is 4.80 Å². The van der Waals surface area contributed by atoms with Crippen LogP contribution in [0, 0.1) is 0 Å². The number of aromatic nitrogens is 4. The lowest BCUT2D eigenvalue weighted by Gasteiger charge is -2.21. The van der Waals surface area contributed by atoms with Crippen LogP contribution in [0.1, 0.15) is 30.9 Å². The molecule has 1 heterocycles. The molecule has 2 aromatic carbocycles. The maximum Gasteiger partial charge on any atom is 0.330 e. The van der Waals surface area contributed by atoms with Gasteiger partial charge < -0.3 is 4.74 Å². The first-order valence-corrected chi connectivity index (χ1v) is 10.8. The lowest BCUT2D eigenvalue weighted by atomic mass is 9.97. The molecule has 0 aliphatic rings. The highest BCUT2D eigenvalue weighted by Gasteiger charge is 2.29. The van der Waals surface area contributed by atoms with Gasteiger partial charge in [0.1, 0.15) is 6.61 Å². The third-order valence-electron chi connectivity index (χ3n) is 4.53. The van der Waals surface area contributed by atoms with Crippen LogP contribution in [0.15, 0.2) is 60.7 Å².